The first kappa shape index (κ1) is 11.0. The molecule has 1 atom stereocenters. The zero-order valence-electron chi connectivity index (χ0n) is 8.95. The highest BCUT2D eigenvalue weighted by molar-refractivity contribution is 5.91. The molecule has 0 N–H and O–H groups in total. The van der Waals surface area contributed by atoms with Gasteiger partial charge in [-0.25, -0.2) is 4.79 Å². The summed E-state index contributed by atoms with van der Waals surface area (Å²) >= 11 is 0. The Morgan fingerprint density at radius 1 is 1.64 bits per heavy atom. The lowest BCUT2D eigenvalue weighted by molar-refractivity contribution is -0.138. The van der Waals surface area contributed by atoms with Crippen molar-refractivity contribution >= 4 is 5.97 Å². The Hall–Kier alpha value is -1.05. The first-order valence-electron chi connectivity index (χ1n) is 5.29. The Kier molecular flexibility index (Phi) is 4.44. The number of allylic oxidation sites excluding steroid dienone is 2. The molecule has 0 fully saturated rings. The fourth-order valence-electron chi connectivity index (χ4n) is 1.50. The van der Waals surface area contributed by atoms with Gasteiger partial charge in [0.25, 0.3) is 0 Å². The molecule has 0 amide bonds. The van der Waals surface area contributed by atoms with E-state index in [1.165, 1.54) is 6.42 Å². The molecule has 1 aliphatic carbocycles. The van der Waals surface area contributed by atoms with Crippen LogP contribution in [0.5, 0.6) is 0 Å². The van der Waals surface area contributed by atoms with E-state index in [0.29, 0.717) is 18.1 Å². The van der Waals surface area contributed by atoms with Gasteiger partial charge in [0.1, 0.15) is 0 Å². The molecule has 0 saturated carbocycles. The standard InChI is InChI=1S/C12H18O2/c1-3-14-12(13)11-7-5-4-6-10(2)8-9-11/h7-10H,3-6H2,1-2H3. The predicted molar refractivity (Wildman–Crippen MR) is 56.9 cm³/mol. The van der Waals surface area contributed by atoms with Gasteiger partial charge in [0.15, 0.2) is 0 Å². The second kappa shape index (κ2) is 5.63. The van der Waals surface area contributed by atoms with Crippen molar-refractivity contribution in [3.8, 4) is 0 Å². The maximum absolute atomic E-state index is 11.4. The molecular weight excluding hydrogens is 176 g/mol. The smallest absolute Gasteiger partial charge is 0.337 e. The minimum atomic E-state index is -0.196. The first-order valence-corrected chi connectivity index (χ1v) is 5.29. The van der Waals surface area contributed by atoms with E-state index in [-0.39, 0.29) is 5.97 Å². The van der Waals surface area contributed by atoms with Crippen LogP contribution in [0.2, 0.25) is 0 Å². The molecule has 78 valence electrons. The molecule has 2 heteroatoms. The number of carbonyl (C=O) groups excluding carboxylic acids is 1. The number of rotatable bonds is 2. The van der Waals surface area contributed by atoms with Crippen LogP contribution in [-0.4, -0.2) is 12.6 Å². The van der Waals surface area contributed by atoms with E-state index in [1.807, 2.05) is 19.1 Å². The fourth-order valence-corrected chi connectivity index (χ4v) is 1.50. The lowest BCUT2D eigenvalue weighted by atomic mass is 9.98. The zero-order valence-corrected chi connectivity index (χ0v) is 8.95. The highest BCUT2D eigenvalue weighted by Crippen LogP contribution is 2.16. The van der Waals surface area contributed by atoms with Crippen molar-refractivity contribution in [3.63, 3.8) is 0 Å². The van der Waals surface area contributed by atoms with Crippen molar-refractivity contribution in [3.05, 3.63) is 23.8 Å². The van der Waals surface area contributed by atoms with Crippen molar-refractivity contribution < 1.29 is 9.53 Å². The molecule has 1 rings (SSSR count). The predicted octanol–water partition coefficient (Wildman–Crippen LogP) is 2.85. The van der Waals surface area contributed by atoms with E-state index in [9.17, 15) is 4.79 Å². The first-order chi connectivity index (χ1) is 6.74. The number of carbonyl (C=O) groups is 1. The second-order valence-electron chi connectivity index (χ2n) is 3.65. The monoisotopic (exact) mass is 194 g/mol. The van der Waals surface area contributed by atoms with Gasteiger partial charge in [0.2, 0.25) is 0 Å². The summed E-state index contributed by atoms with van der Waals surface area (Å²) in [7, 11) is 0. The lowest BCUT2D eigenvalue weighted by Gasteiger charge is -2.09. The van der Waals surface area contributed by atoms with Crippen LogP contribution in [0, 0.1) is 5.92 Å². The largest absolute Gasteiger partial charge is 0.462 e. The Labute approximate surface area is 85.6 Å². The van der Waals surface area contributed by atoms with Crippen molar-refractivity contribution in [2.24, 2.45) is 5.92 Å². The summed E-state index contributed by atoms with van der Waals surface area (Å²) in [6.07, 6.45) is 9.27. The third-order valence-electron chi connectivity index (χ3n) is 2.34. The van der Waals surface area contributed by atoms with E-state index in [0.717, 1.165) is 12.8 Å². The molecule has 1 aliphatic rings. The summed E-state index contributed by atoms with van der Waals surface area (Å²) in [6, 6.07) is 0. The van der Waals surface area contributed by atoms with Crippen molar-refractivity contribution in [2.75, 3.05) is 6.61 Å². The summed E-state index contributed by atoms with van der Waals surface area (Å²) in [5, 5.41) is 0. The molecule has 0 spiro atoms. The van der Waals surface area contributed by atoms with Crippen molar-refractivity contribution in [2.45, 2.75) is 33.1 Å². The molecule has 0 radical (unpaired) electrons. The molecule has 0 aromatic rings. The molecule has 0 saturated heterocycles. The van der Waals surface area contributed by atoms with E-state index < -0.39 is 0 Å². The average Bonchev–Trinajstić information content (AvgIpc) is 2.12. The van der Waals surface area contributed by atoms with Gasteiger partial charge >= 0.3 is 5.97 Å². The van der Waals surface area contributed by atoms with Crippen LogP contribution in [0.1, 0.15) is 33.1 Å². The topological polar surface area (TPSA) is 26.3 Å². The average molecular weight is 194 g/mol. The Morgan fingerprint density at radius 2 is 2.43 bits per heavy atom. The van der Waals surface area contributed by atoms with Crippen molar-refractivity contribution in [1.29, 1.82) is 0 Å². The Bertz CT molecular complexity index is 251. The molecule has 2 nitrogen and oxygen atoms in total. The molecule has 0 aliphatic heterocycles. The number of hydrogen-bond acceptors (Lipinski definition) is 2. The van der Waals surface area contributed by atoms with Gasteiger partial charge in [-0.15, -0.1) is 0 Å². The molecule has 0 heterocycles. The number of hydrogen-bond donors (Lipinski definition) is 0. The third kappa shape index (κ3) is 3.36. The molecular formula is C12H18O2. The zero-order chi connectivity index (χ0) is 10.4. The molecule has 0 aromatic carbocycles. The number of esters is 1. The van der Waals surface area contributed by atoms with Gasteiger partial charge in [0, 0.05) is 0 Å². The van der Waals surface area contributed by atoms with Gasteiger partial charge in [-0.05, 0) is 32.1 Å². The van der Waals surface area contributed by atoms with Crippen LogP contribution in [-0.2, 0) is 9.53 Å². The Morgan fingerprint density at radius 3 is 3.14 bits per heavy atom. The quantitative estimate of drug-likeness (QED) is 0.632. The molecule has 14 heavy (non-hydrogen) atoms. The van der Waals surface area contributed by atoms with E-state index >= 15 is 0 Å². The summed E-state index contributed by atoms with van der Waals surface area (Å²) in [5.41, 5.74) is 0.707. The lowest BCUT2D eigenvalue weighted by Crippen LogP contribution is -2.07. The number of ether oxygens (including phenoxy) is 1. The van der Waals surface area contributed by atoms with Crippen LogP contribution >= 0.6 is 0 Å². The Balaban J connectivity index is 2.65. The van der Waals surface area contributed by atoms with Crippen LogP contribution in [0.15, 0.2) is 23.8 Å². The van der Waals surface area contributed by atoms with Gasteiger partial charge in [-0.2, -0.15) is 0 Å². The summed E-state index contributed by atoms with van der Waals surface area (Å²) < 4.78 is 4.95. The fraction of sp³-hybridized carbons (Fsp3) is 0.583. The van der Waals surface area contributed by atoms with Gasteiger partial charge in [0.05, 0.1) is 12.2 Å². The summed E-state index contributed by atoms with van der Waals surface area (Å²) in [4.78, 5) is 11.4. The summed E-state index contributed by atoms with van der Waals surface area (Å²) in [6.45, 7) is 4.44. The van der Waals surface area contributed by atoms with Gasteiger partial charge in [-0.1, -0.05) is 25.2 Å². The van der Waals surface area contributed by atoms with Crippen LogP contribution in [0.4, 0.5) is 0 Å². The molecule has 1 unspecified atom stereocenters. The highest BCUT2D eigenvalue weighted by Gasteiger charge is 2.09. The minimum Gasteiger partial charge on any atom is -0.462 e. The normalized spacial score (nSPS) is 22.1. The maximum Gasteiger partial charge on any atom is 0.337 e. The van der Waals surface area contributed by atoms with Gasteiger partial charge < -0.3 is 4.74 Å². The second-order valence-corrected chi connectivity index (χ2v) is 3.65. The SMILES string of the molecule is CCOC(=O)C1=CCCCC(C)C=C1. The van der Waals surface area contributed by atoms with E-state index in [2.05, 4.69) is 13.0 Å². The van der Waals surface area contributed by atoms with Crippen LogP contribution < -0.4 is 0 Å². The van der Waals surface area contributed by atoms with E-state index in [1.54, 1.807) is 0 Å². The van der Waals surface area contributed by atoms with E-state index in [4.69, 9.17) is 4.74 Å². The molecule has 0 bridgehead atoms. The van der Waals surface area contributed by atoms with Crippen molar-refractivity contribution in [1.82, 2.24) is 0 Å². The third-order valence-corrected chi connectivity index (χ3v) is 2.34. The van der Waals surface area contributed by atoms with Gasteiger partial charge in [-0.3, -0.25) is 0 Å². The summed E-state index contributed by atoms with van der Waals surface area (Å²) in [5.74, 6) is 0.367. The highest BCUT2D eigenvalue weighted by atomic mass is 16.5. The molecule has 0 aromatic heterocycles. The van der Waals surface area contributed by atoms with Crippen LogP contribution in [0.3, 0.4) is 0 Å². The van der Waals surface area contributed by atoms with Crippen LogP contribution in [0.25, 0.3) is 0 Å². The minimum absolute atomic E-state index is 0.196. The maximum atomic E-state index is 11.4.